The van der Waals surface area contributed by atoms with Gasteiger partial charge in [0, 0.05) is 16.7 Å². The molecular formula is C18H17BrN4O3S2. The van der Waals surface area contributed by atoms with Gasteiger partial charge in [0.1, 0.15) is 22.0 Å². The third-order valence-electron chi connectivity index (χ3n) is 4.77. The van der Waals surface area contributed by atoms with Gasteiger partial charge in [-0.1, -0.05) is 22.0 Å². The summed E-state index contributed by atoms with van der Waals surface area (Å²) in [6.07, 6.45) is 1.10. The van der Waals surface area contributed by atoms with Crippen LogP contribution in [0, 0.1) is 6.92 Å². The van der Waals surface area contributed by atoms with Gasteiger partial charge in [-0.2, -0.15) is 13.1 Å². The number of amides is 1. The topological polar surface area (TPSA) is 92.3 Å². The van der Waals surface area contributed by atoms with Crippen LogP contribution in [0.25, 0.3) is 11.0 Å². The van der Waals surface area contributed by atoms with Crippen molar-refractivity contribution < 1.29 is 13.2 Å². The van der Waals surface area contributed by atoms with Crippen LogP contribution in [0.2, 0.25) is 0 Å². The van der Waals surface area contributed by atoms with Gasteiger partial charge in [-0.3, -0.25) is 4.79 Å². The molecule has 4 rings (SSSR count). The van der Waals surface area contributed by atoms with E-state index < -0.39 is 16.1 Å². The lowest BCUT2D eigenvalue weighted by molar-refractivity contribution is -0.119. The summed E-state index contributed by atoms with van der Waals surface area (Å²) in [5.74, 6) is -0.327. The minimum absolute atomic E-state index is 0.0953. The number of fused-ring (bicyclic) bond motifs is 1. The van der Waals surface area contributed by atoms with Crippen molar-refractivity contribution in [3.8, 4) is 0 Å². The van der Waals surface area contributed by atoms with Gasteiger partial charge in [0.05, 0.1) is 11.7 Å². The molecule has 28 heavy (non-hydrogen) atoms. The fourth-order valence-electron chi connectivity index (χ4n) is 3.35. The number of nitrogens with zero attached hydrogens (tertiary/aromatic N) is 3. The third kappa shape index (κ3) is 3.45. The fraction of sp³-hybridized carbons (Fsp3) is 0.278. The van der Waals surface area contributed by atoms with Crippen molar-refractivity contribution in [2.45, 2.75) is 30.7 Å². The number of aromatic nitrogens is 2. The van der Waals surface area contributed by atoms with Crippen LogP contribution >= 0.6 is 27.7 Å². The van der Waals surface area contributed by atoms with Crippen molar-refractivity contribution in [3.05, 3.63) is 46.4 Å². The highest BCUT2D eigenvalue weighted by Crippen LogP contribution is 2.30. The molecular weight excluding hydrogens is 464 g/mol. The molecule has 1 aliphatic heterocycles. The molecule has 1 atom stereocenters. The number of benzene rings is 2. The molecule has 10 heteroatoms. The Morgan fingerprint density at radius 3 is 2.89 bits per heavy atom. The van der Waals surface area contributed by atoms with Crippen LogP contribution < -0.4 is 5.32 Å². The molecule has 3 aromatic rings. The van der Waals surface area contributed by atoms with E-state index in [0.29, 0.717) is 36.1 Å². The molecule has 1 aliphatic rings. The predicted molar refractivity (Wildman–Crippen MR) is 112 cm³/mol. The maximum Gasteiger partial charge on any atom is 0.246 e. The Morgan fingerprint density at radius 1 is 1.29 bits per heavy atom. The SMILES string of the molecule is Cc1cc(NC(=O)[C@H]2CCCN2S(=O)(=O)c2cccc3nsnc23)ccc1Br. The maximum absolute atomic E-state index is 13.3. The lowest BCUT2D eigenvalue weighted by Gasteiger charge is -2.23. The molecule has 146 valence electrons. The number of nitrogens with one attached hydrogen (secondary N) is 1. The molecule has 0 bridgehead atoms. The largest absolute Gasteiger partial charge is 0.325 e. The molecule has 1 saturated heterocycles. The molecule has 1 amide bonds. The first-order chi connectivity index (χ1) is 13.4. The summed E-state index contributed by atoms with van der Waals surface area (Å²) in [6.45, 7) is 2.22. The van der Waals surface area contributed by atoms with Crippen molar-refractivity contribution in [1.29, 1.82) is 0 Å². The Balaban J connectivity index is 1.63. The summed E-state index contributed by atoms with van der Waals surface area (Å²) in [5, 5.41) is 2.85. The first kappa shape index (κ1) is 19.4. The molecule has 0 aliphatic carbocycles. The second-order valence-electron chi connectivity index (χ2n) is 6.62. The Morgan fingerprint density at radius 2 is 2.11 bits per heavy atom. The van der Waals surface area contributed by atoms with Gasteiger partial charge in [0.15, 0.2) is 0 Å². The molecule has 0 unspecified atom stereocenters. The van der Waals surface area contributed by atoms with E-state index in [1.807, 2.05) is 19.1 Å². The monoisotopic (exact) mass is 480 g/mol. The number of carbonyl (C=O) groups is 1. The van der Waals surface area contributed by atoms with Gasteiger partial charge < -0.3 is 5.32 Å². The van der Waals surface area contributed by atoms with E-state index in [4.69, 9.17) is 0 Å². The Labute approximate surface area is 175 Å². The Bertz CT molecular complexity index is 1160. The average molecular weight is 481 g/mol. The summed E-state index contributed by atoms with van der Waals surface area (Å²) in [5.41, 5.74) is 2.51. The summed E-state index contributed by atoms with van der Waals surface area (Å²) < 4.78 is 37.0. The predicted octanol–water partition coefficient (Wildman–Crippen LogP) is 3.55. The van der Waals surface area contributed by atoms with Gasteiger partial charge in [0.2, 0.25) is 15.9 Å². The van der Waals surface area contributed by atoms with Crippen LogP contribution in [0.1, 0.15) is 18.4 Å². The van der Waals surface area contributed by atoms with Crippen LogP contribution in [0.4, 0.5) is 5.69 Å². The number of carbonyl (C=O) groups excluding carboxylic acids is 1. The summed E-state index contributed by atoms with van der Waals surface area (Å²) in [6, 6.07) is 9.61. The van der Waals surface area contributed by atoms with Gasteiger partial charge in [-0.05, 0) is 55.7 Å². The van der Waals surface area contributed by atoms with Crippen molar-refractivity contribution in [2.75, 3.05) is 11.9 Å². The van der Waals surface area contributed by atoms with Gasteiger partial charge >= 0.3 is 0 Å². The number of anilines is 1. The van der Waals surface area contributed by atoms with E-state index in [1.54, 1.807) is 18.2 Å². The normalized spacial score (nSPS) is 17.9. The average Bonchev–Trinajstić information content (AvgIpc) is 3.33. The molecule has 0 saturated carbocycles. The van der Waals surface area contributed by atoms with Crippen LogP contribution in [0.5, 0.6) is 0 Å². The maximum atomic E-state index is 13.3. The number of aryl methyl sites for hydroxylation is 1. The summed E-state index contributed by atoms with van der Waals surface area (Å²) in [7, 11) is -3.87. The Kier molecular flexibility index (Phi) is 5.21. The van der Waals surface area contributed by atoms with Gasteiger partial charge in [-0.15, -0.1) is 0 Å². The lowest BCUT2D eigenvalue weighted by atomic mass is 10.2. The highest BCUT2D eigenvalue weighted by Gasteiger charge is 2.40. The molecule has 1 fully saturated rings. The molecule has 2 aromatic carbocycles. The smallest absolute Gasteiger partial charge is 0.246 e. The zero-order chi connectivity index (χ0) is 19.9. The number of rotatable bonds is 4. The second kappa shape index (κ2) is 7.51. The van der Waals surface area contributed by atoms with Crippen LogP contribution in [-0.2, 0) is 14.8 Å². The van der Waals surface area contributed by atoms with Crippen LogP contribution in [0.15, 0.2) is 45.8 Å². The van der Waals surface area contributed by atoms with Crippen LogP contribution in [0.3, 0.4) is 0 Å². The van der Waals surface area contributed by atoms with Gasteiger partial charge in [0.25, 0.3) is 0 Å². The second-order valence-corrected chi connectivity index (χ2v) is 9.86. The standard InChI is InChI=1S/C18H17BrN4O3S2/c1-11-10-12(7-8-13(11)19)20-18(24)15-5-3-9-23(15)28(25,26)16-6-2-4-14-17(16)22-27-21-14/h2,4,6-8,10,15H,3,5,9H2,1H3,(H,20,24)/t15-/m1/s1. The van der Waals surface area contributed by atoms with Crippen molar-refractivity contribution in [3.63, 3.8) is 0 Å². The minimum Gasteiger partial charge on any atom is -0.325 e. The number of halogens is 1. The van der Waals surface area contributed by atoms with E-state index in [0.717, 1.165) is 21.8 Å². The van der Waals surface area contributed by atoms with Crippen molar-refractivity contribution >= 4 is 60.3 Å². The zero-order valence-corrected chi connectivity index (χ0v) is 18.1. The van der Waals surface area contributed by atoms with E-state index in [9.17, 15) is 13.2 Å². The van der Waals surface area contributed by atoms with E-state index in [1.165, 1.54) is 10.4 Å². The first-order valence-corrected chi connectivity index (χ1v) is 11.6. The molecule has 2 heterocycles. The number of sulfonamides is 1. The van der Waals surface area contributed by atoms with Crippen LogP contribution in [-0.4, -0.2) is 40.0 Å². The highest BCUT2D eigenvalue weighted by atomic mass is 79.9. The third-order valence-corrected chi connectivity index (χ3v) is 8.14. The molecule has 0 radical (unpaired) electrons. The number of hydrogen-bond acceptors (Lipinski definition) is 6. The van der Waals surface area contributed by atoms with Crippen molar-refractivity contribution in [2.24, 2.45) is 0 Å². The zero-order valence-electron chi connectivity index (χ0n) is 14.9. The van der Waals surface area contributed by atoms with E-state index >= 15 is 0 Å². The molecule has 0 spiro atoms. The lowest BCUT2D eigenvalue weighted by Crippen LogP contribution is -2.43. The number of hydrogen-bond donors (Lipinski definition) is 1. The van der Waals surface area contributed by atoms with E-state index in [-0.39, 0.29) is 10.8 Å². The highest BCUT2D eigenvalue weighted by molar-refractivity contribution is 9.10. The quantitative estimate of drug-likeness (QED) is 0.616. The fourth-order valence-corrected chi connectivity index (χ4v) is 6.01. The van der Waals surface area contributed by atoms with E-state index in [2.05, 4.69) is 30.0 Å². The van der Waals surface area contributed by atoms with Crippen molar-refractivity contribution in [1.82, 2.24) is 13.1 Å². The minimum atomic E-state index is -3.87. The molecule has 1 N–H and O–H groups in total. The summed E-state index contributed by atoms with van der Waals surface area (Å²) in [4.78, 5) is 13.0. The van der Waals surface area contributed by atoms with Gasteiger partial charge in [-0.25, -0.2) is 8.42 Å². The molecule has 7 nitrogen and oxygen atoms in total. The molecule has 1 aromatic heterocycles. The summed E-state index contributed by atoms with van der Waals surface area (Å²) >= 11 is 4.40. The first-order valence-electron chi connectivity index (χ1n) is 8.68. The Hall–Kier alpha value is -1.88.